The Morgan fingerprint density at radius 3 is 2.03 bits per heavy atom. The first-order valence-electron chi connectivity index (χ1n) is 10.4. The van der Waals surface area contributed by atoms with Crippen LogP contribution < -0.4 is 4.74 Å². The van der Waals surface area contributed by atoms with Gasteiger partial charge in [0, 0.05) is 19.4 Å². The fourth-order valence-corrected chi connectivity index (χ4v) is 4.20. The van der Waals surface area contributed by atoms with Gasteiger partial charge in [-0.25, -0.2) is 9.59 Å². The van der Waals surface area contributed by atoms with E-state index in [4.69, 9.17) is 9.47 Å². The average molecular weight is 431 g/mol. The number of aliphatic carboxylic acids is 1. The number of ether oxygens (including phenoxy) is 2. The van der Waals surface area contributed by atoms with Crippen LogP contribution in [0.3, 0.4) is 0 Å². The maximum atomic E-state index is 12.8. The highest BCUT2D eigenvalue weighted by Crippen LogP contribution is 2.44. The van der Waals surface area contributed by atoms with Gasteiger partial charge in [-0.15, -0.1) is 0 Å². The molecule has 1 aliphatic carbocycles. The van der Waals surface area contributed by atoms with Gasteiger partial charge in [0.2, 0.25) is 0 Å². The number of amides is 1. The van der Waals surface area contributed by atoms with E-state index in [0.717, 1.165) is 32.7 Å². The number of methoxy groups -OCH3 is 1. The normalized spacial score (nSPS) is 13.1. The van der Waals surface area contributed by atoms with Crippen molar-refractivity contribution in [1.82, 2.24) is 4.90 Å². The lowest BCUT2D eigenvalue weighted by atomic mass is 9.98. The zero-order valence-electron chi connectivity index (χ0n) is 18.0. The van der Waals surface area contributed by atoms with Crippen molar-refractivity contribution in [3.8, 4) is 16.9 Å². The lowest BCUT2D eigenvalue weighted by molar-refractivity contribution is -0.142. The summed E-state index contributed by atoms with van der Waals surface area (Å²) < 4.78 is 10.7. The highest BCUT2D eigenvalue weighted by Gasteiger charge is 2.32. The quantitative estimate of drug-likeness (QED) is 0.593. The number of hydrogen-bond donors (Lipinski definition) is 1. The Morgan fingerprint density at radius 2 is 1.50 bits per heavy atom. The van der Waals surface area contributed by atoms with Gasteiger partial charge in [-0.1, -0.05) is 60.7 Å². The van der Waals surface area contributed by atoms with E-state index >= 15 is 0 Å². The summed E-state index contributed by atoms with van der Waals surface area (Å²) in [4.78, 5) is 25.8. The van der Waals surface area contributed by atoms with E-state index in [0.29, 0.717) is 5.75 Å². The van der Waals surface area contributed by atoms with Gasteiger partial charge in [-0.3, -0.25) is 4.90 Å². The molecule has 32 heavy (non-hydrogen) atoms. The van der Waals surface area contributed by atoms with E-state index in [1.807, 2.05) is 36.4 Å². The molecule has 1 aliphatic rings. The van der Waals surface area contributed by atoms with E-state index in [-0.39, 0.29) is 18.9 Å². The van der Waals surface area contributed by atoms with Crippen molar-refractivity contribution in [2.45, 2.75) is 18.4 Å². The molecule has 0 heterocycles. The third-order valence-electron chi connectivity index (χ3n) is 5.96. The van der Waals surface area contributed by atoms with Crippen LogP contribution in [0.5, 0.6) is 5.75 Å². The Balaban J connectivity index is 1.46. The summed E-state index contributed by atoms with van der Waals surface area (Å²) in [6.07, 6.45) is -0.493. The van der Waals surface area contributed by atoms with Crippen LogP contribution in [0.15, 0.2) is 72.8 Å². The van der Waals surface area contributed by atoms with Crippen molar-refractivity contribution in [3.63, 3.8) is 0 Å². The molecule has 6 heteroatoms. The minimum atomic E-state index is -1.09. The molecule has 4 rings (SSSR count). The summed E-state index contributed by atoms with van der Waals surface area (Å²) in [6.45, 7) is 0.145. The van der Waals surface area contributed by atoms with Crippen molar-refractivity contribution in [1.29, 1.82) is 0 Å². The third-order valence-corrected chi connectivity index (χ3v) is 5.96. The molecule has 0 aromatic heterocycles. The second kappa shape index (κ2) is 9.14. The lowest BCUT2D eigenvalue weighted by Crippen LogP contribution is -2.44. The molecule has 0 aliphatic heterocycles. The number of carbonyl (C=O) groups is 2. The fourth-order valence-electron chi connectivity index (χ4n) is 4.20. The molecule has 0 saturated heterocycles. The van der Waals surface area contributed by atoms with Crippen LogP contribution in [0.25, 0.3) is 11.1 Å². The summed E-state index contributed by atoms with van der Waals surface area (Å²) >= 11 is 0. The largest absolute Gasteiger partial charge is 0.497 e. The molecule has 6 nitrogen and oxygen atoms in total. The van der Waals surface area contributed by atoms with Gasteiger partial charge in [0.25, 0.3) is 0 Å². The number of nitrogens with zero attached hydrogens (tertiary/aromatic N) is 1. The van der Waals surface area contributed by atoms with Gasteiger partial charge in [0.1, 0.15) is 18.4 Å². The van der Waals surface area contributed by atoms with Gasteiger partial charge in [-0.05, 0) is 39.9 Å². The smallest absolute Gasteiger partial charge is 0.410 e. The number of hydrogen-bond acceptors (Lipinski definition) is 4. The van der Waals surface area contributed by atoms with E-state index in [1.165, 1.54) is 7.05 Å². The average Bonchev–Trinajstić information content (AvgIpc) is 3.14. The topological polar surface area (TPSA) is 76.1 Å². The fraction of sp³-hybridized carbons (Fsp3) is 0.231. The van der Waals surface area contributed by atoms with Gasteiger partial charge >= 0.3 is 12.1 Å². The first-order chi connectivity index (χ1) is 15.5. The molecule has 164 valence electrons. The zero-order valence-corrected chi connectivity index (χ0v) is 18.0. The number of rotatable bonds is 7. The Bertz CT molecular complexity index is 1080. The van der Waals surface area contributed by atoms with Crippen LogP contribution in [0.2, 0.25) is 0 Å². The number of likely N-dealkylation sites (N-methyl/N-ethyl adjacent to an activating group) is 1. The Labute approximate surface area is 187 Å². The molecule has 0 spiro atoms. The van der Waals surface area contributed by atoms with Crippen LogP contribution >= 0.6 is 0 Å². The maximum absolute atomic E-state index is 12.8. The standard InChI is InChI=1S/C26H25NO5/c1-27(24(25(28)29)15-17-11-13-18(31-2)14-12-17)26(30)32-16-23-21-9-5-3-7-19(21)20-8-4-6-10-22(20)23/h3-14,23-24H,15-16H2,1-2H3,(H,28,29). The van der Waals surface area contributed by atoms with Crippen molar-refractivity contribution in [2.24, 2.45) is 0 Å². The number of fused-ring (bicyclic) bond motifs is 3. The molecule has 1 unspecified atom stereocenters. The maximum Gasteiger partial charge on any atom is 0.410 e. The molecule has 0 saturated carbocycles. The van der Waals surface area contributed by atoms with Gasteiger partial charge < -0.3 is 14.6 Å². The summed E-state index contributed by atoms with van der Waals surface area (Å²) in [6, 6.07) is 22.2. The molecular formula is C26H25NO5. The molecular weight excluding hydrogens is 406 g/mol. The Hall–Kier alpha value is -3.80. The predicted octanol–water partition coefficient (Wildman–Crippen LogP) is 4.57. The van der Waals surface area contributed by atoms with Crippen molar-refractivity contribution >= 4 is 12.1 Å². The molecule has 0 fully saturated rings. The van der Waals surface area contributed by atoms with Gasteiger partial charge in [-0.2, -0.15) is 0 Å². The number of carboxylic acids is 1. The van der Waals surface area contributed by atoms with Crippen LogP contribution in [-0.4, -0.2) is 48.9 Å². The Morgan fingerprint density at radius 1 is 0.938 bits per heavy atom. The summed E-state index contributed by atoms with van der Waals surface area (Å²) in [7, 11) is 3.03. The first kappa shape index (κ1) is 21.4. The summed E-state index contributed by atoms with van der Waals surface area (Å²) in [5, 5.41) is 9.72. The second-order valence-corrected chi connectivity index (χ2v) is 7.82. The molecule has 0 bridgehead atoms. The monoisotopic (exact) mass is 431 g/mol. The zero-order chi connectivity index (χ0) is 22.7. The molecule has 3 aromatic rings. The van der Waals surface area contributed by atoms with Crippen LogP contribution in [-0.2, 0) is 16.0 Å². The molecule has 3 aromatic carbocycles. The van der Waals surface area contributed by atoms with E-state index in [9.17, 15) is 14.7 Å². The lowest BCUT2D eigenvalue weighted by Gasteiger charge is -2.25. The van der Waals surface area contributed by atoms with Crippen molar-refractivity contribution < 1.29 is 24.2 Å². The third kappa shape index (κ3) is 4.17. The molecule has 0 radical (unpaired) electrons. The van der Waals surface area contributed by atoms with Crippen LogP contribution in [0.1, 0.15) is 22.6 Å². The van der Waals surface area contributed by atoms with Crippen molar-refractivity contribution in [3.05, 3.63) is 89.5 Å². The van der Waals surface area contributed by atoms with E-state index in [1.54, 1.807) is 31.4 Å². The van der Waals surface area contributed by atoms with Gasteiger partial charge in [0.05, 0.1) is 7.11 Å². The highest BCUT2D eigenvalue weighted by molar-refractivity contribution is 5.81. The van der Waals surface area contributed by atoms with Gasteiger partial charge in [0.15, 0.2) is 0 Å². The number of benzene rings is 3. The summed E-state index contributed by atoms with van der Waals surface area (Å²) in [5.74, 6) is -0.480. The van der Waals surface area contributed by atoms with E-state index < -0.39 is 18.1 Å². The predicted molar refractivity (Wildman–Crippen MR) is 121 cm³/mol. The number of carbonyl (C=O) groups excluding carboxylic acids is 1. The van der Waals surface area contributed by atoms with E-state index in [2.05, 4.69) is 12.1 Å². The minimum absolute atomic E-state index is 0.0791. The second-order valence-electron chi connectivity index (χ2n) is 7.82. The SMILES string of the molecule is COc1ccc(CC(C(=O)O)N(C)C(=O)OCC2c3ccccc3-c3ccccc32)cc1. The minimum Gasteiger partial charge on any atom is -0.497 e. The van der Waals surface area contributed by atoms with Crippen LogP contribution in [0.4, 0.5) is 4.79 Å². The Kier molecular flexibility index (Phi) is 6.12. The highest BCUT2D eigenvalue weighted by atomic mass is 16.6. The van der Waals surface area contributed by atoms with Crippen molar-refractivity contribution in [2.75, 3.05) is 20.8 Å². The summed E-state index contributed by atoms with van der Waals surface area (Å²) in [5.41, 5.74) is 5.28. The van der Waals surface area contributed by atoms with Crippen LogP contribution in [0, 0.1) is 0 Å². The molecule has 1 N–H and O–H groups in total. The number of carboxylic acid groups (broad SMARTS) is 1. The molecule has 1 amide bonds. The molecule has 1 atom stereocenters. The first-order valence-corrected chi connectivity index (χ1v) is 10.4.